The SMILES string of the molecule is CCCCCCCCCCN(CCCCCCCCCC)CCN(CCCCCCCCCC)CCNCCN1CCN(C)CC1. The van der Waals surface area contributed by atoms with Crippen LogP contribution in [0.5, 0.6) is 0 Å². The van der Waals surface area contributed by atoms with Crippen LogP contribution in [0.25, 0.3) is 0 Å². The van der Waals surface area contributed by atoms with Crippen LogP contribution < -0.4 is 5.32 Å². The zero-order valence-electron chi connectivity index (χ0n) is 32.5. The van der Waals surface area contributed by atoms with Gasteiger partial charge in [0.1, 0.15) is 0 Å². The summed E-state index contributed by atoms with van der Waals surface area (Å²) in [6.07, 6.45) is 34.1. The van der Waals surface area contributed by atoms with E-state index in [0.29, 0.717) is 0 Å². The van der Waals surface area contributed by atoms with Gasteiger partial charge >= 0.3 is 0 Å². The van der Waals surface area contributed by atoms with Crippen molar-refractivity contribution in [3.05, 3.63) is 0 Å². The molecule has 0 saturated carbocycles. The van der Waals surface area contributed by atoms with Crippen LogP contribution in [0.3, 0.4) is 0 Å². The Bertz CT molecular complexity index is 559. The van der Waals surface area contributed by atoms with Crippen molar-refractivity contribution in [2.45, 2.75) is 175 Å². The average molecular weight is 650 g/mol. The molecule has 1 aliphatic rings. The summed E-state index contributed by atoms with van der Waals surface area (Å²) in [4.78, 5) is 10.8. The van der Waals surface area contributed by atoms with Gasteiger partial charge in [-0.2, -0.15) is 0 Å². The maximum absolute atomic E-state index is 3.81. The number of rotatable bonds is 36. The van der Waals surface area contributed by atoms with E-state index in [1.54, 1.807) is 0 Å². The molecule has 5 nitrogen and oxygen atoms in total. The lowest BCUT2D eigenvalue weighted by Crippen LogP contribution is -2.47. The lowest BCUT2D eigenvalue weighted by atomic mass is 10.1. The highest BCUT2D eigenvalue weighted by Gasteiger charge is 2.13. The average Bonchev–Trinajstić information content (AvgIpc) is 3.06. The van der Waals surface area contributed by atoms with E-state index in [-0.39, 0.29) is 0 Å². The van der Waals surface area contributed by atoms with Crippen LogP contribution in [0.15, 0.2) is 0 Å². The van der Waals surface area contributed by atoms with Crippen LogP contribution in [0.1, 0.15) is 175 Å². The molecule has 0 aromatic heterocycles. The molecule has 0 radical (unpaired) electrons. The van der Waals surface area contributed by atoms with Gasteiger partial charge in [0.25, 0.3) is 0 Å². The number of nitrogens with zero attached hydrogens (tertiary/aromatic N) is 4. The zero-order chi connectivity index (χ0) is 33.2. The van der Waals surface area contributed by atoms with Gasteiger partial charge in [-0.05, 0) is 45.9 Å². The minimum absolute atomic E-state index is 1.14. The Hall–Kier alpha value is -0.200. The third kappa shape index (κ3) is 28.8. The molecule has 1 N–H and O–H groups in total. The Kier molecular flexibility index (Phi) is 33.0. The molecule has 0 aromatic carbocycles. The molecule has 0 aliphatic carbocycles. The number of hydrogen-bond donors (Lipinski definition) is 1. The van der Waals surface area contributed by atoms with Crippen LogP contribution >= 0.6 is 0 Å². The molecule has 5 heteroatoms. The first-order valence-corrected chi connectivity index (χ1v) is 21.3. The molecule has 0 atom stereocenters. The van der Waals surface area contributed by atoms with Crippen molar-refractivity contribution in [3.63, 3.8) is 0 Å². The van der Waals surface area contributed by atoms with Crippen LogP contribution in [-0.4, -0.2) is 112 Å². The number of hydrogen-bond acceptors (Lipinski definition) is 5. The summed E-state index contributed by atoms with van der Waals surface area (Å²) in [5, 5.41) is 3.81. The topological polar surface area (TPSA) is 25.0 Å². The predicted octanol–water partition coefficient (Wildman–Crippen LogP) is 9.85. The molecule has 1 rings (SSSR count). The fourth-order valence-electron chi connectivity index (χ4n) is 7.03. The highest BCUT2D eigenvalue weighted by Crippen LogP contribution is 2.12. The van der Waals surface area contributed by atoms with E-state index in [0.717, 1.165) is 13.1 Å². The molecule has 0 spiro atoms. The van der Waals surface area contributed by atoms with Gasteiger partial charge in [-0.25, -0.2) is 0 Å². The molecule has 0 unspecified atom stereocenters. The number of unbranched alkanes of at least 4 members (excludes halogenated alkanes) is 21. The Morgan fingerprint density at radius 1 is 0.391 bits per heavy atom. The quantitative estimate of drug-likeness (QED) is 0.0682. The molecular weight excluding hydrogens is 562 g/mol. The number of nitrogens with one attached hydrogen (secondary N) is 1. The molecule has 1 aliphatic heterocycles. The third-order valence-electron chi connectivity index (χ3n) is 10.5. The van der Waals surface area contributed by atoms with Crippen LogP contribution in [0.4, 0.5) is 0 Å². The summed E-state index contributed by atoms with van der Waals surface area (Å²) in [5.41, 5.74) is 0. The predicted molar refractivity (Wildman–Crippen MR) is 208 cm³/mol. The number of piperazine rings is 1. The second-order valence-electron chi connectivity index (χ2n) is 15.0. The standard InChI is InChI=1S/C41H87N5/c1-5-8-11-14-17-20-23-26-31-44(32-27-24-21-18-15-12-9-6-2)40-41-45(33-28-25-22-19-16-13-10-7-3)34-29-42-30-35-46-38-36-43(4)37-39-46/h42H,5-41H2,1-4H3. The summed E-state index contributed by atoms with van der Waals surface area (Å²) in [6.45, 7) is 23.0. The molecule has 46 heavy (non-hydrogen) atoms. The highest BCUT2D eigenvalue weighted by atomic mass is 15.3. The van der Waals surface area contributed by atoms with E-state index in [4.69, 9.17) is 0 Å². The van der Waals surface area contributed by atoms with E-state index in [1.165, 1.54) is 226 Å². The summed E-state index contributed by atoms with van der Waals surface area (Å²) < 4.78 is 0. The molecule has 0 amide bonds. The Labute approximate surface area is 291 Å². The molecule has 0 aromatic rings. The summed E-state index contributed by atoms with van der Waals surface area (Å²) >= 11 is 0. The first kappa shape index (κ1) is 43.8. The minimum Gasteiger partial charge on any atom is -0.314 e. The molecule has 1 saturated heterocycles. The van der Waals surface area contributed by atoms with Gasteiger partial charge in [-0.15, -0.1) is 0 Å². The van der Waals surface area contributed by atoms with Crippen molar-refractivity contribution in [3.8, 4) is 0 Å². The first-order chi connectivity index (χ1) is 22.7. The molecule has 0 bridgehead atoms. The lowest BCUT2D eigenvalue weighted by molar-refractivity contribution is 0.153. The Morgan fingerprint density at radius 3 is 1.13 bits per heavy atom. The smallest absolute Gasteiger partial charge is 0.0110 e. The minimum atomic E-state index is 1.14. The number of likely N-dealkylation sites (N-methyl/N-ethyl adjacent to an activating group) is 1. The van der Waals surface area contributed by atoms with Crippen molar-refractivity contribution in [2.75, 3.05) is 92.1 Å². The van der Waals surface area contributed by atoms with E-state index in [2.05, 4.69) is 52.7 Å². The van der Waals surface area contributed by atoms with Crippen LogP contribution in [0, 0.1) is 0 Å². The highest BCUT2D eigenvalue weighted by molar-refractivity contribution is 4.71. The fourth-order valence-corrected chi connectivity index (χ4v) is 7.03. The molecule has 1 fully saturated rings. The van der Waals surface area contributed by atoms with E-state index in [1.807, 2.05) is 0 Å². The van der Waals surface area contributed by atoms with E-state index >= 15 is 0 Å². The Balaban J connectivity index is 2.47. The summed E-state index contributed by atoms with van der Waals surface area (Å²) in [7, 11) is 2.25. The van der Waals surface area contributed by atoms with Gasteiger partial charge in [0.05, 0.1) is 0 Å². The first-order valence-electron chi connectivity index (χ1n) is 21.3. The summed E-state index contributed by atoms with van der Waals surface area (Å²) in [6, 6.07) is 0. The summed E-state index contributed by atoms with van der Waals surface area (Å²) in [5.74, 6) is 0. The second kappa shape index (κ2) is 34.7. The van der Waals surface area contributed by atoms with Gasteiger partial charge in [0, 0.05) is 65.4 Å². The van der Waals surface area contributed by atoms with Crippen molar-refractivity contribution in [1.29, 1.82) is 0 Å². The maximum Gasteiger partial charge on any atom is 0.0110 e. The van der Waals surface area contributed by atoms with Crippen LogP contribution in [-0.2, 0) is 0 Å². The van der Waals surface area contributed by atoms with Crippen molar-refractivity contribution in [1.82, 2.24) is 24.9 Å². The van der Waals surface area contributed by atoms with Crippen molar-refractivity contribution in [2.24, 2.45) is 0 Å². The van der Waals surface area contributed by atoms with Gasteiger partial charge in [0.2, 0.25) is 0 Å². The van der Waals surface area contributed by atoms with E-state index in [9.17, 15) is 0 Å². The van der Waals surface area contributed by atoms with Crippen molar-refractivity contribution < 1.29 is 0 Å². The molecule has 1 heterocycles. The zero-order valence-corrected chi connectivity index (χ0v) is 32.5. The van der Waals surface area contributed by atoms with Gasteiger partial charge < -0.3 is 20.0 Å². The van der Waals surface area contributed by atoms with Gasteiger partial charge in [-0.1, -0.05) is 156 Å². The monoisotopic (exact) mass is 650 g/mol. The molecule has 276 valence electrons. The third-order valence-corrected chi connectivity index (χ3v) is 10.5. The lowest BCUT2D eigenvalue weighted by Gasteiger charge is -2.32. The van der Waals surface area contributed by atoms with E-state index < -0.39 is 0 Å². The van der Waals surface area contributed by atoms with Gasteiger partial charge in [0.15, 0.2) is 0 Å². The molecular formula is C41H87N5. The van der Waals surface area contributed by atoms with Crippen molar-refractivity contribution >= 4 is 0 Å². The fraction of sp³-hybridized carbons (Fsp3) is 1.00. The largest absolute Gasteiger partial charge is 0.314 e. The van der Waals surface area contributed by atoms with Crippen LogP contribution in [0.2, 0.25) is 0 Å². The maximum atomic E-state index is 3.81. The normalized spacial score (nSPS) is 14.7. The second-order valence-corrected chi connectivity index (χ2v) is 15.0. The van der Waals surface area contributed by atoms with Gasteiger partial charge in [-0.3, -0.25) is 4.90 Å². The Morgan fingerprint density at radius 2 is 0.739 bits per heavy atom.